The van der Waals surface area contributed by atoms with Crippen LogP contribution in [0.2, 0.25) is 0 Å². The molecule has 0 bridgehead atoms. The standard InChI is InChI=1S/C13H20N2S/c1-10-5-4-8-14-13(10)15-11-6-3-7-12(9-11)16-2/h4-5,8,11-12H,3,6-7,9H2,1-2H3,(H,14,15). The minimum atomic E-state index is 0.611. The third-order valence-electron chi connectivity index (χ3n) is 3.31. The van der Waals surface area contributed by atoms with Crippen molar-refractivity contribution in [2.45, 2.75) is 43.9 Å². The summed E-state index contributed by atoms with van der Waals surface area (Å²) in [6, 6.07) is 4.72. The van der Waals surface area contributed by atoms with E-state index in [2.05, 4.69) is 29.5 Å². The van der Waals surface area contributed by atoms with E-state index in [-0.39, 0.29) is 0 Å². The number of aryl methyl sites for hydroxylation is 1. The molecule has 0 saturated heterocycles. The first-order valence-corrected chi connectivity index (χ1v) is 7.29. The van der Waals surface area contributed by atoms with Gasteiger partial charge in [0.05, 0.1) is 0 Å². The van der Waals surface area contributed by atoms with Crippen molar-refractivity contribution in [2.75, 3.05) is 11.6 Å². The summed E-state index contributed by atoms with van der Waals surface area (Å²) in [6.45, 7) is 2.12. The highest BCUT2D eigenvalue weighted by molar-refractivity contribution is 7.99. The minimum absolute atomic E-state index is 0.611. The fraction of sp³-hybridized carbons (Fsp3) is 0.615. The third-order valence-corrected chi connectivity index (χ3v) is 4.40. The van der Waals surface area contributed by atoms with Gasteiger partial charge in [0.2, 0.25) is 0 Å². The second-order valence-corrected chi connectivity index (χ2v) is 5.67. The van der Waals surface area contributed by atoms with Crippen LogP contribution >= 0.6 is 11.8 Å². The van der Waals surface area contributed by atoms with Gasteiger partial charge in [-0.15, -0.1) is 0 Å². The molecule has 2 unspecified atom stereocenters. The van der Waals surface area contributed by atoms with E-state index in [1.807, 2.05) is 24.0 Å². The summed E-state index contributed by atoms with van der Waals surface area (Å²) in [6.07, 6.45) is 9.36. The molecule has 2 atom stereocenters. The largest absolute Gasteiger partial charge is 0.367 e. The van der Waals surface area contributed by atoms with Crippen LogP contribution in [0.1, 0.15) is 31.2 Å². The summed E-state index contributed by atoms with van der Waals surface area (Å²) in [5.74, 6) is 1.06. The van der Waals surface area contributed by atoms with Crippen LogP contribution in [0.25, 0.3) is 0 Å². The van der Waals surface area contributed by atoms with E-state index in [1.165, 1.54) is 31.2 Å². The smallest absolute Gasteiger partial charge is 0.129 e. The van der Waals surface area contributed by atoms with Crippen LogP contribution < -0.4 is 5.32 Å². The summed E-state index contributed by atoms with van der Waals surface area (Å²) >= 11 is 2.00. The molecule has 1 N–H and O–H groups in total. The predicted octanol–water partition coefficient (Wildman–Crippen LogP) is 3.48. The zero-order valence-electron chi connectivity index (χ0n) is 10.1. The molecule has 3 heteroatoms. The average Bonchev–Trinajstić information content (AvgIpc) is 2.32. The lowest BCUT2D eigenvalue weighted by Gasteiger charge is -2.29. The van der Waals surface area contributed by atoms with Gasteiger partial charge >= 0.3 is 0 Å². The molecule has 1 fully saturated rings. The van der Waals surface area contributed by atoms with Crippen LogP contribution in [0.4, 0.5) is 5.82 Å². The molecule has 0 radical (unpaired) electrons. The van der Waals surface area contributed by atoms with Crippen molar-refractivity contribution in [3.63, 3.8) is 0 Å². The van der Waals surface area contributed by atoms with E-state index < -0.39 is 0 Å². The lowest BCUT2D eigenvalue weighted by molar-refractivity contribution is 0.472. The average molecular weight is 236 g/mol. The number of rotatable bonds is 3. The zero-order valence-corrected chi connectivity index (χ0v) is 10.9. The van der Waals surface area contributed by atoms with Gasteiger partial charge in [0.15, 0.2) is 0 Å². The maximum absolute atomic E-state index is 4.41. The van der Waals surface area contributed by atoms with E-state index in [0.29, 0.717) is 6.04 Å². The van der Waals surface area contributed by atoms with Crippen LogP contribution in [0, 0.1) is 6.92 Å². The van der Waals surface area contributed by atoms with Gasteiger partial charge in [0, 0.05) is 17.5 Å². The molecule has 1 aliphatic rings. The molecule has 0 amide bonds. The Hall–Kier alpha value is -0.700. The summed E-state index contributed by atoms with van der Waals surface area (Å²) in [5.41, 5.74) is 1.24. The van der Waals surface area contributed by atoms with Crippen molar-refractivity contribution in [1.29, 1.82) is 0 Å². The van der Waals surface area contributed by atoms with E-state index in [4.69, 9.17) is 0 Å². The van der Waals surface area contributed by atoms with E-state index >= 15 is 0 Å². The van der Waals surface area contributed by atoms with Crippen LogP contribution in [0.5, 0.6) is 0 Å². The minimum Gasteiger partial charge on any atom is -0.367 e. The first-order chi connectivity index (χ1) is 7.79. The molecule has 16 heavy (non-hydrogen) atoms. The molecule has 0 aliphatic heterocycles. The number of nitrogens with one attached hydrogen (secondary N) is 1. The van der Waals surface area contributed by atoms with Gasteiger partial charge in [-0.1, -0.05) is 12.5 Å². The van der Waals surface area contributed by atoms with Crippen molar-refractivity contribution in [3.8, 4) is 0 Å². The molecule has 1 aliphatic carbocycles. The number of hydrogen-bond donors (Lipinski definition) is 1. The Labute approximate surface area is 102 Å². The van der Waals surface area contributed by atoms with Crippen molar-refractivity contribution in [2.24, 2.45) is 0 Å². The number of aromatic nitrogens is 1. The molecule has 0 aromatic carbocycles. The summed E-state index contributed by atoms with van der Waals surface area (Å²) in [5, 5.41) is 4.42. The first kappa shape index (κ1) is 11.8. The molecular weight excluding hydrogens is 216 g/mol. The molecule has 0 spiro atoms. The number of nitrogens with zero attached hydrogens (tertiary/aromatic N) is 1. The van der Waals surface area contributed by atoms with E-state index in [0.717, 1.165) is 11.1 Å². The topological polar surface area (TPSA) is 24.9 Å². The van der Waals surface area contributed by atoms with Gasteiger partial charge < -0.3 is 5.32 Å². The van der Waals surface area contributed by atoms with Crippen LogP contribution in [-0.4, -0.2) is 22.5 Å². The first-order valence-electron chi connectivity index (χ1n) is 6.00. The monoisotopic (exact) mass is 236 g/mol. The van der Waals surface area contributed by atoms with Crippen molar-refractivity contribution < 1.29 is 0 Å². The maximum Gasteiger partial charge on any atom is 0.129 e. The highest BCUT2D eigenvalue weighted by Gasteiger charge is 2.21. The lowest BCUT2D eigenvalue weighted by Crippen LogP contribution is -2.29. The normalized spacial score (nSPS) is 25.4. The maximum atomic E-state index is 4.41. The molecule has 1 aromatic heterocycles. The van der Waals surface area contributed by atoms with Gasteiger partial charge in [0.25, 0.3) is 0 Å². The highest BCUT2D eigenvalue weighted by atomic mass is 32.2. The van der Waals surface area contributed by atoms with Crippen LogP contribution in [-0.2, 0) is 0 Å². The number of pyridine rings is 1. The lowest BCUT2D eigenvalue weighted by atomic mass is 9.95. The van der Waals surface area contributed by atoms with Gasteiger partial charge in [-0.3, -0.25) is 0 Å². The van der Waals surface area contributed by atoms with E-state index in [1.54, 1.807) is 0 Å². The summed E-state index contributed by atoms with van der Waals surface area (Å²) < 4.78 is 0. The Kier molecular flexibility index (Phi) is 4.10. The highest BCUT2D eigenvalue weighted by Crippen LogP contribution is 2.28. The molecule has 2 nitrogen and oxygen atoms in total. The number of thioether (sulfide) groups is 1. The van der Waals surface area contributed by atoms with Crippen molar-refractivity contribution >= 4 is 17.6 Å². The third kappa shape index (κ3) is 2.91. The van der Waals surface area contributed by atoms with Crippen molar-refractivity contribution in [3.05, 3.63) is 23.9 Å². The Bertz CT molecular complexity index is 340. The van der Waals surface area contributed by atoms with Crippen LogP contribution in [0.3, 0.4) is 0 Å². The molecule has 88 valence electrons. The van der Waals surface area contributed by atoms with Gasteiger partial charge in [-0.25, -0.2) is 4.98 Å². The summed E-state index contributed by atoms with van der Waals surface area (Å²) in [7, 11) is 0. The molecular formula is C13H20N2S. The van der Waals surface area contributed by atoms with E-state index in [9.17, 15) is 0 Å². The van der Waals surface area contributed by atoms with Gasteiger partial charge in [-0.05, 0) is 44.1 Å². The molecule has 1 heterocycles. The van der Waals surface area contributed by atoms with Gasteiger partial charge in [-0.2, -0.15) is 11.8 Å². The second kappa shape index (κ2) is 5.58. The molecule has 1 saturated carbocycles. The Morgan fingerprint density at radius 1 is 1.44 bits per heavy atom. The number of hydrogen-bond acceptors (Lipinski definition) is 3. The van der Waals surface area contributed by atoms with Crippen molar-refractivity contribution in [1.82, 2.24) is 4.98 Å². The molecule has 2 rings (SSSR count). The SMILES string of the molecule is CSC1CCCC(Nc2ncccc2C)C1. The van der Waals surface area contributed by atoms with Gasteiger partial charge in [0.1, 0.15) is 5.82 Å². The second-order valence-electron chi connectivity index (χ2n) is 4.53. The zero-order chi connectivity index (χ0) is 11.4. The fourth-order valence-corrected chi connectivity index (χ4v) is 3.15. The Morgan fingerprint density at radius 3 is 3.06 bits per heavy atom. The quantitative estimate of drug-likeness (QED) is 0.869. The number of anilines is 1. The Morgan fingerprint density at radius 2 is 2.31 bits per heavy atom. The van der Waals surface area contributed by atoms with Crippen LogP contribution in [0.15, 0.2) is 18.3 Å². The summed E-state index contributed by atoms with van der Waals surface area (Å²) in [4.78, 5) is 4.41. The fourth-order valence-electron chi connectivity index (χ4n) is 2.32. The predicted molar refractivity (Wildman–Crippen MR) is 72.2 cm³/mol. The molecule has 1 aromatic rings. The Balaban J connectivity index is 1.97.